The van der Waals surface area contributed by atoms with Gasteiger partial charge in [0.25, 0.3) is 0 Å². The summed E-state index contributed by atoms with van der Waals surface area (Å²) < 4.78 is 14.8. The van der Waals surface area contributed by atoms with Crippen LogP contribution >= 0.6 is 0 Å². The third kappa shape index (κ3) is 4.28. The van der Waals surface area contributed by atoms with Crippen molar-refractivity contribution in [3.63, 3.8) is 0 Å². The van der Waals surface area contributed by atoms with Gasteiger partial charge < -0.3 is 15.5 Å². The summed E-state index contributed by atoms with van der Waals surface area (Å²) in [6.45, 7) is 3.60. The van der Waals surface area contributed by atoms with E-state index in [4.69, 9.17) is 0 Å². The molecule has 6 nitrogen and oxygen atoms in total. The fourth-order valence-electron chi connectivity index (χ4n) is 3.43. The fourth-order valence-corrected chi connectivity index (χ4v) is 3.43. The normalized spacial score (nSPS) is 16.6. The van der Waals surface area contributed by atoms with E-state index in [0.717, 1.165) is 38.0 Å². The third-order valence-electron chi connectivity index (χ3n) is 4.94. The Labute approximate surface area is 153 Å². The second-order valence-corrected chi connectivity index (χ2v) is 6.85. The Bertz CT molecular complexity index is 695. The molecule has 2 aromatic rings. The molecule has 0 atom stereocenters. The molecule has 0 unspecified atom stereocenters. The van der Waals surface area contributed by atoms with Gasteiger partial charge in [0.1, 0.15) is 11.4 Å². The molecule has 0 radical (unpaired) electrons. The minimum absolute atomic E-state index is 0.0258. The molecule has 1 saturated heterocycles. The summed E-state index contributed by atoms with van der Waals surface area (Å²) in [6, 6.07) is 8.36. The minimum Gasteiger partial charge on any atom is -0.353 e. The van der Waals surface area contributed by atoms with E-state index in [1.54, 1.807) is 23.0 Å². The van der Waals surface area contributed by atoms with Crippen LogP contribution in [0, 0.1) is 5.82 Å². The van der Waals surface area contributed by atoms with Gasteiger partial charge in [-0.3, -0.25) is 9.48 Å². The maximum Gasteiger partial charge on any atom is 0.248 e. The molecule has 2 heterocycles. The molecule has 0 aliphatic carbocycles. The van der Waals surface area contributed by atoms with Crippen molar-refractivity contribution in [1.82, 2.24) is 25.3 Å². The molecule has 1 aliphatic rings. The Balaban J connectivity index is 1.53. The molecule has 1 aliphatic heterocycles. The number of carbonyl (C=O) groups excluding carboxylic acids is 1. The number of rotatable bonds is 7. The summed E-state index contributed by atoms with van der Waals surface area (Å²) >= 11 is 0. The number of likely N-dealkylation sites (N-methyl/N-ethyl adjacent to an activating group) is 1. The lowest BCUT2D eigenvalue weighted by atomic mass is 9.87. The van der Waals surface area contributed by atoms with E-state index in [1.807, 2.05) is 19.3 Å². The summed E-state index contributed by atoms with van der Waals surface area (Å²) in [5.74, 6) is -0.201. The number of nitrogens with zero attached hydrogens (tertiary/aromatic N) is 3. The van der Waals surface area contributed by atoms with Gasteiger partial charge in [0.05, 0.1) is 0 Å². The lowest BCUT2D eigenvalue weighted by molar-refractivity contribution is -0.132. The number of hydrogen-bond acceptors (Lipinski definition) is 4. The van der Waals surface area contributed by atoms with E-state index in [-0.39, 0.29) is 11.7 Å². The van der Waals surface area contributed by atoms with Crippen molar-refractivity contribution in [3.8, 4) is 0 Å². The molecule has 140 valence electrons. The zero-order chi connectivity index (χ0) is 18.4. The van der Waals surface area contributed by atoms with Crippen molar-refractivity contribution in [1.29, 1.82) is 0 Å². The average Bonchev–Trinajstić information content (AvgIpc) is 3.19. The Hall–Kier alpha value is -2.25. The zero-order valence-electron chi connectivity index (χ0n) is 15.1. The van der Waals surface area contributed by atoms with Gasteiger partial charge in [-0.1, -0.05) is 12.1 Å². The lowest BCUT2D eigenvalue weighted by Crippen LogP contribution is -2.55. The first kappa shape index (κ1) is 18.5. The van der Waals surface area contributed by atoms with Gasteiger partial charge in [0, 0.05) is 32.0 Å². The molecule has 1 aromatic heterocycles. The molecule has 26 heavy (non-hydrogen) atoms. The van der Waals surface area contributed by atoms with Crippen LogP contribution in [0.4, 0.5) is 4.39 Å². The Morgan fingerprint density at radius 2 is 2.08 bits per heavy atom. The Kier molecular flexibility index (Phi) is 6.00. The number of nitrogens with one attached hydrogen (secondary N) is 2. The molecule has 0 bridgehead atoms. The van der Waals surface area contributed by atoms with Crippen molar-refractivity contribution in [3.05, 3.63) is 54.1 Å². The first-order chi connectivity index (χ1) is 12.6. The van der Waals surface area contributed by atoms with E-state index in [2.05, 4.69) is 20.6 Å². The molecule has 2 N–H and O–H groups in total. The van der Waals surface area contributed by atoms with E-state index < -0.39 is 5.54 Å². The highest BCUT2D eigenvalue weighted by Crippen LogP contribution is 2.27. The van der Waals surface area contributed by atoms with Crippen LogP contribution in [-0.2, 0) is 16.9 Å². The second-order valence-electron chi connectivity index (χ2n) is 6.85. The smallest absolute Gasteiger partial charge is 0.248 e. The van der Waals surface area contributed by atoms with Crippen molar-refractivity contribution in [2.75, 3.05) is 33.2 Å². The molecule has 7 heteroatoms. The summed E-state index contributed by atoms with van der Waals surface area (Å²) in [6.07, 6.45) is 5.04. The van der Waals surface area contributed by atoms with Gasteiger partial charge in [-0.25, -0.2) is 4.39 Å². The number of aromatic nitrogens is 2. The van der Waals surface area contributed by atoms with Crippen LogP contribution in [0.5, 0.6) is 0 Å². The first-order valence-electron chi connectivity index (χ1n) is 9.02. The number of hydrogen-bond donors (Lipinski definition) is 2. The summed E-state index contributed by atoms with van der Waals surface area (Å²) in [5, 5.41) is 10.7. The summed E-state index contributed by atoms with van der Waals surface area (Å²) in [4.78, 5) is 15.0. The predicted molar refractivity (Wildman–Crippen MR) is 98.0 cm³/mol. The third-order valence-corrected chi connectivity index (χ3v) is 4.94. The Morgan fingerprint density at radius 1 is 1.35 bits per heavy atom. The molecular weight excluding hydrogens is 333 g/mol. The van der Waals surface area contributed by atoms with E-state index in [0.29, 0.717) is 13.1 Å². The number of carbonyl (C=O) groups is 1. The van der Waals surface area contributed by atoms with Crippen LogP contribution in [0.1, 0.15) is 18.4 Å². The number of amides is 1. The molecule has 1 fully saturated rings. The average molecular weight is 359 g/mol. The van der Waals surface area contributed by atoms with Crippen LogP contribution in [0.2, 0.25) is 0 Å². The van der Waals surface area contributed by atoms with Crippen LogP contribution in [-0.4, -0.2) is 53.8 Å². The predicted octanol–water partition coefficient (Wildman–Crippen LogP) is 1.35. The fraction of sp³-hybridized carbons (Fsp3) is 0.474. The van der Waals surface area contributed by atoms with Crippen LogP contribution in [0.25, 0.3) is 0 Å². The van der Waals surface area contributed by atoms with E-state index >= 15 is 0 Å². The lowest BCUT2D eigenvalue weighted by Gasteiger charge is -2.36. The molecule has 0 saturated carbocycles. The molecular formula is C19H26FN5O. The standard InChI is InChI=1S/C19H26FN5O/c1-24(15-16-3-5-17(20)6-4-16)14-12-22-18(26)19(7-10-21-11-8-19)25-13-2-9-23-25/h2-6,9,13,21H,7-8,10-12,14-15H2,1H3,(H,22,26). The van der Waals surface area contributed by atoms with Crippen molar-refractivity contribution in [2.24, 2.45) is 0 Å². The van der Waals surface area contributed by atoms with Crippen LogP contribution < -0.4 is 10.6 Å². The molecule has 3 rings (SSSR count). The highest BCUT2D eigenvalue weighted by atomic mass is 19.1. The van der Waals surface area contributed by atoms with Crippen molar-refractivity contribution < 1.29 is 9.18 Å². The van der Waals surface area contributed by atoms with Gasteiger partial charge in [0.15, 0.2) is 0 Å². The highest BCUT2D eigenvalue weighted by molar-refractivity contribution is 5.84. The second kappa shape index (κ2) is 8.42. The van der Waals surface area contributed by atoms with E-state index in [9.17, 15) is 9.18 Å². The summed E-state index contributed by atoms with van der Waals surface area (Å²) in [7, 11) is 1.99. The molecule has 0 spiro atoms. The van der Waals surface area contributed by atoms with Crippen LogP contribution in [0.15, 0.2) is 42.7 Å². The van der Waals surface area contributed by atoms with Crippen molar-refractivity contribution >= 4 is 5.91 Å². The highest BCUT2D eigenvalue weighted by Gasteiger charge is 2.41. The summed E-state index contributed by atoms with van der Waals surface area (Å²) in [5.41, 5.74) is 0.441. The van der Waals surface area contributed by atoms with Crippen molar-refractivity contribution in [2.45, 2.75) is 24.9 Å². The topological polar surface area (TPSA) is 62.2 Å². The minimum atomic E-state index is -0.607. The van der Waals surface area contributed by atoms with E-state index in [1.165, 1.54) is 12.1 Å². The first-order valence-corrected chi connectivity index (χ1v) is 9.02. The largest absolute Gasteiger partial charge is 0.353 e. The zero-order valence-corrected chi connectivity index (χ0v) is 15.1. The molecule has 1 amide bonds. The van der Waals surface area contributed by atoms with Gasteiger partial charge in [-0.05, 0) is 56.7 Å². The number of piperidine rings is 1. The SMILES string of the molecule is CN(CCNC(=O)C1(n2cccn2)CCNCC1)Cc1ccc(F)cc1. The maximum absolute atomic E-state index is 13.0. The van der Waals surface area contributed by atoms with Gasteiger partial charge in [-0.15, -0.1) is 0 Å². The van der Waals surface area contributed by atoms with Gasteiger partial charge in [-0.2, -0.15) is 5.10 Å². The number of benzene rings is 1. The molecule has 1 aromatic carbocycles. The van der Waals surface area contributed by atoms with Gasteiger partial charge in [0.2, 0.25) is 5.91 Å². The monoisotopic (exact) mass is 359 g/mol. The Morgan fingerprint density at radius 3 is 2.73 bits per heavy atom. The van der Waals surface area contributed by atoms with Gasteiger partial charge >= 0.3 is 0 Å². The quantitative estimate of drug-likeness (QED) is 0.783. The maximum atomic E-state index is 13.0. The number of halogens is 1. The van der Waals surface area contributed by atoms with Crippen LogP contribution in [0.3, 0.4) is 0 Å².